The molecular formula is C16H17NO3. The van der Waals surface area contributed by atoms with E-state index in [0.29, 0.717) is 0 Å². The largest absolute Gasteiger partial charge is 0.468 e. The molecule has 0 aliphatic rings. The van der Waals surface area contributed by atoms with E-state index in [4.69, 9.17) is 0 Å². The normalized spacial score (nSPS) is 10.3. The number of amides is 1. The van der Waals surface area contributed by atoms with Gasteiger partial charge in [0.05, 0.1) is 13.5 Å². The van der Waals surface area contributed by atoms with Crippen molar-refractivity contribution in [1.82, 2.24) is 4.90 Å². The second-order valence-corrected chi connectivity index (χ2v) is 4.68. The summed E-state index contributed by atoms with van der Waals surface area (Å²) in [5.74, 6) is -0.523. The molecular weight excluding hydrogens is 254 g/mol. The second-order valence-electron chi connectivity index (χ2n) is 4.68. The molecule has 0 aromatic heterocycles. The van der Waals surface area contributed by atoms with Gasteiger partial charge in [0.1, 0.15) is 6.54 Å². The predicted octanol–water partition coefficient (Wildman–Crippen LogP) is 2.01. The van der Waals surface area contributed by atoms with Gasteiger partial charge in [-0.05, 0) is 16.3 Å². The fraction of sp³-hybridized carbons (Fsp3) is 0.250. The molecule has 0 atom stereocenters. The maximum absolute atomic E-state index is 12.0. The maximum Gasteiger partial charge on any atom is 0.325 e. The van der Waals surface area contributed by atoms with Crippen molar-refractivity contribution >= 4 is 22.6 Å². The first-order valence-electron chi connectivity index (χ1n) is 6.38. The van der Waals surface area contributed by atoms with Crippen molar-refractivity contribution in [2.45, 2.75) is 6.42 Å². The first kappa shape index (κ1) is 14.1. The average Bonchev–Trinajstić information content (AvgIpc) is 2.46. The molecule has 0 N–H and O–H groups in total. The van der Waals surface area contributed by atoms with Gasteiger partial charge in [-0.2, -0.15) is 0 Å². The van der Waals surface area contributed by atoms with Crippen molar-refractivity contribution < 1.29 is 14.3 Å². The molecule has 4 nitrogen and oxygen atoms in total. The highest BCUT2D eigenvalue weighted by Gasteiger charge is 2.13. The van der Waals surface area contributed by atoms with E-state index in [1.165, 1.54) is 12.0 Å². The van der Waals surface area contributed by atoms with Crippen molar-refractivity contribution in [3.63, 3.8) is 0 Å². The highest BCUT2D eigenvalue weighted by molar-refractivity contribution is 5.86. The van der Waals surface area contributed by atoms with Gasteiger partial charge in [0.2, 0.25) is 5.91 Å². The molecule has 2 aromatic rings. The highest BCUT2D eigenvalue weighted by atomic mass is 16.5. The molecule has 0 spiro atoms. The fourth-order valence-corrected chi connectivity index (χ4v) is 2.00. The van der Waals surface area contributed by atoms with E-state index in [-0.39, 0.29) is 18.9 Å². The second kappa shape index (κ2) is 6.19. The molecule has 0 heterocycles. The van der Waals surface area contributed by atoms with Gasteiger partial charge in [0.15, 0.2) is 0 Å². The van der Waals surface area contributed by atoms with Crippen LogP contribution in [0.3, 0.4) is 0 Å². The Morgan fingerprint density at radius 1 is 1.10 bits per heavy atom. The molecule has 0 fully saturated rings. The van der Waals surface area contributed by atoms with Crippen LogP contribution in [0.5, 0.6) is 0 Å². The SMILES string of the molecule is COC(=O)CN(C)C(=O)Cc1ccc2ccccc2c1. The van der Waals surface area contributed by atoms with E-state index in [2.05, 4.69) is 4.74 Å². The van der Waals surface area contributed by atoms with E-state index in [0.717, 1.165) is 16.3 Å². The molecule has 2 rings (SSSR count). The number of carbonyl (C=O) groups is 2. The lowest BCUT2D eigenvalue weighted by molar-refractivity contribution is -0.145. The van der Waals surface area contributed by atoms with E-state index in [1.54, 1.807) is 7.05 Å². The van der Waals surface area contributed by atoms with Gasteiger partial charge in [0, 0.05) is 7.05 Å². The lowest BCUT2D eigenvalue weighted by Gasteiger charge is -2.15. The lowest BCUT2D eigenvalue weighted by atomic mass is 10.0. The Labute approximate surface area is 117 Å². The minimum absolute atomic E-state index is 0.0249. The zero-order chi connectivity index (χ0) is 14.5. The van der Waals surface area contributed by atoms with Gasteiger partial charge in [-0.3, -0.25) is 9.59 Å². The summed E-state index contributed by atoms with van der Waals surface area (Å²) in [5, 5.41) is 2.25. The number of ether oxygens (including phenoxy) is 1. The number of likely N-dealkylation sites (N-methyl/N-ethyl adjacent to an activating group) is 1. The van der Waals surface area contributed by atoms with Gasteiger partial charge < -0.3 is 9.64 Å². The van der Waals surface area contributed by atoms with Crippen LogP contribution in [0, 0.1) is 0 Å². The standard InChI is InChI=1S/C16H17NO3/c1-17(11-16(19)20-2)15(18)10-12-7-8-13-5-3-4-6-14(13)9-12/h3-9H,10-11H2,1-2H3. The van der Waals surface area contributed by atoms with Gasteiger partial charge in [-0.15, -0.1) is 0 Å². The van der Waals surface area contributed by atoms with Crippen LogP contribution in [0.15, 0.2) is 42.5 Å². The number of carbonyl (C=O) groups excluding carboxylic acids is 2. The van der Waals surface area contributed by atoms with Gasteiger partial charge in [-0.1, -0.05) is 42.5 Å². The fourth-order valence-electron chi connectivity index (χ4n) is 2.00. The molecule has 20 heavy (non-hydrogen) atoms. The summed E-state index contributed by atoms with van der Waals surface area (Å²) in [5.41, 5.74) is 0.936. The molecule has 0 aliphatic carbocycles. The third kappa shape index (κ3) is 3.35. The predicted molar refractivity (Wildman–Crippen MR) is 77.3 cm³/mol. The third-order valence-corrected chi connectivity index (χ3v) is 3.19. The third-order valence-electron chi connectivity index (χ3n) is 3.19. The summed E-state index contributed by atoms with van der Waals surface area (Å²) in [6.45, 7) is -0.0249. The van der Waals surface area contributed by atoms with Crippen molar-refractivity contribution in [2.24, 2.45) is 0 Å². The number of rotatable bonds is 4. The van der Waals surface area contributed by atoms with Gasteiger partial charge in [0.25, 0.3) is 0 Å². The highest BCUT2D eigenvalue weighted by Crippen LogP contribution is 2.16. The smallest absolute Gasteiger partial charge is 0.325 e. The molecule has 2 aromatic carbocycles. The number of esters is 1. The van der Waals surface area contributed by atoms with E-state index >= 15 is 0 Å². The zero-order valence-corrected chi connectivity index (χ0v) is 11.6. The van der Waals surface area contributed by atoms with Gasteiger partial charge in [-0.25, -0.2) is 0 Å². The van der Waals surface area contributed by atoms with Crippen LogP contribution in [0.1, 0.15) is 5.56 Å². The minimum atomic E-state index is -0.417. The monoisotopic (exact) mass is 271 g/mol. The Balaban J connectivity index is 2.07. The van der Waals surface area contributed by atoms with Crippen LogP contribution in [0.2, 0.25) is 0 Å². The lowest BCUT2D eigenvalue weighted by Crippen LogP contribution is -2.33. The Bertz CT molecular complexity index is 636. The minimum Gasteiger partial charge on any atom is -0.468 e. The summed E-state index contributed by atoms with van der Waals surface area (Å²) in [7, 11) is 2.91. The number of hydrogen-bond donors (Lipinski definition) is 0. The van der Waals surface area contributed by atoms with E-state index in [1.807, 2.05) is 42.5 Å². The Kier molecular flexibility index (Phi) is 4.35. The van der Waals surface area contributed by atoms with Crippen LogP contribution in [0.4, 0.5) is 0 Å². The Hall–Kier alpha value is -2.36. The van der Waals surface area contributed by atoms with Crippen LogP contribution in [-0.2, 0) is 20.7 Å². The Morgan fingerprint density at radius 3 is 2.50 bits per heavy atom. The van der Waals surface area contributed by atoms with Crippen LogP contribution >= 0.6 is 0 Å². The number of nitrogens with zero attached hydrogens (tertiary/aromatic N) is 1. The quantitative estimate of drug-likeness (QED) is 0.799. The van der Waals surface area contributed by atoms with Crippen LogP contribution in [0.25, 0.3) is 10.8 Å². The summed E-state index contributed by atoms with van der Waals surface area (Å²) in [6, 6.07) is 13.9. The zero-order valence-electron chi connectivity index (χ0n) is 11.6. The molecule has 1 amide bonds. The first-order valence-corrected chi connectivity index (χ1v) is 6.38. The number of methoxy groups -OCH3 is 1. The summed E-state index contributed by atoms with van der Waals surface area (Å²) in [4.78, 5) is 24.5. The van der Waals surface area contributed by atoms with E-state index in [9.17, 15) is 9.59 Å². The Morgan fingerprint density at radius 2 is 1.80 bits per heavy atom. The molecule has 0 saturated heterocycles. The summed E-state index contributed by atoms with van der Waals surface area (Å²) in [6.07, 6.45) is 0.276. The summed E-state index contributed by atoms with van der Waals surface area (Å²) >= 11 is 0. The number of fused-ring (bicyclic) bond motifs is 1. The van der Waals surface area contributed by atoms with Gasteiger partial charge >= 0.3 is 5.97 Å². The molecule has 0 radical (unpaired) electrons. The maximum atomic E-state index is 12.0. The van der Waals surface area contributed by atoms with Crippen molar-refractivity contribution in [3.8, 4) is 0 Å². The number of hydrogen-bond acceptors (Lipinski definition) is 3. The molecule has 0 aliphatic heterocycles. The van der Waals surface area contributed by atoms with E-state index < -0.39 is 5.97 Å². The van der Waals surface area contributed by atoms with Crippen LogP contribution in [-0.4, -0.2) is 37.5 Å². The van der Waals surface area contributed by atoms with Crippen molar-refractivity contribution in [3.05, 3.63) is 48.0 Å². The summed E-state index contributed by atoms with van der Waals surface area (Å²) < 4.78 is 4.55. The molecule has 0 unspecified atom stereocenters. The van der Waals surface area contributed by atoms with Crippen LogP contribution < -0.4 is 0 Å². The molecule has 4 heteroatoms. The first-order chi connectivity index (χ1) is 9.60. The molecule has 104 valence electrons. The molecule has 0 bridgehead atoms. The topological polar surface area (TPSA) is 46.6 Å². The average molecular weight is 271 g/mol. The number of benzene rings is 2. The van der Waals surface area contributed by atoms with Crippen molar-refractivity contribution in [2.75, 3.05) is 20.7 Å². The van der Waals surface area contributed by atoms with Crippen molar-refractivity contribution in [1.29, 1.82) is 0 Å². The molecule has 0 saturated carbocycles.